The van der Waals surface area contributed by atoms with Gasteiger partial charge in [0.15, 0.2) is 11.6 Å². The van der Waals surface area contributed by atoms with Gasteiger partial charge in [0.25, 0.3) is 0 Å². The maximum Gasteiger partial charge on any atom is 0.161 e. The molecule has 0 aromatic heterocycles. The minimum atomic E-state index is -1.32. The molecule has 0 aliphatic heterocycles. The van der Waals surface area contributed by atoms with E-state index >= 15 is 0 Å². The maximum absolute atomic E-state index is 12.8. The normalized spacial score (nSPS) is 13.0. The summed E-state index contributed by atoms with van der Waals surface area (Å²) in [5, 5.41) is 9.06. The van der Waals surface area contributed by atoms with Gasteiger partial charge >= 0.3 is 0 Å². The maximum atomic E-state index is 12.8. The average Bonchev–Trinajstić information content (AvgIpc) is 2.10. The molecule has 0 aliphatic carbocycles. The topological polar surface area (TPSA) is 20.2 Å². The second kappa shape index (κ2) is 3.98. The fourth-order valence-corrected chi connectivity index (χ4v) is 1.04. The second-order valence-electron chi connectivity index (χ2n) is 2.46. The van der Waals surface area contributed by atoms with E-state index in [9.17, 15) is 13.2 Å². The molecule has 1 aromatic rings. The summed E-state index contributed by atoms with van der Waals surface area (Å²) in [4.78, 5) is 0. The number of hydrogen-bond donors (Lipinski definition) is 1. The number of aliphatic hydroxyl groups excluding tert-OH is 1. The molecule has 1 aromatic carbocycles. The molecule has 1 rings (SSSR count). The molecule has 0 spiro atoms. The monoisotopic (exact) mass is 210 g/mol. The van der Waals surface area contributed by atoms with Gasteiger partial charge in [0, 0.05) is 11.6 Å². The zero-order valence-electron chi connectivity index (χ0n) is 6.40. The number of aliphatic hydroxyl groups is 1. The van der Waals surface area contributed by atoms with E-state index < -0.39 is 23.6 Å². The SMILES string of the molecule is O[C@@H](CCl)c1cc(F)c(F)cc1F. The predicted octanol–water partition coefficient (Wildman–Crippen LogP) is 2.38. The van der Waals surface area contributed by atoms with Gasteiger partial charge in [-0.2, -0.15) is 0 Å². The molecule has 0 fully saturated rings. The summed E-state index contributed by atoms with van der Waals surface area (Å²) < 4.78 is 37.8. The minimum Gasteiger partial charge on any atom is -0.387 e. The first-order chi connectivity index (χ1) is 6.06. The lowest BCUT2D eigenvalue weighted by atomic mass is 10.1. The molecule has 1 N–H and O–H groups in total. The van der Waals surface area contributed by atoms with E-state index in [0.29, 0.717) is 12.1 Å². The average molecular weight is 211 g/mol. The van der Waals surface area contributed by atoms with Crippen LogP contribution in [0.15, 0.2) is 12.1 Å². The van der Waals surface area contributed by atoms with Crippen LogP contribution >= 0.6 is 11.6 Å². The highest BCUT2D eigenvalue weighted by Crippen LogP contribution is 2.21. The van der Waals surface area contributed by atoms with Crippen molar-refractivity contribution in [3.63, 3.8) is 0 Å². The van der Waals surface area contributed by atoms with Crippen LogP contribution < -0.4 is 0 Å². The summed E-state index contributed by atoms with van der Waals surface area (Å²) in [7, 11) is 0. The Kier molecular flexibility index (Phi) is 3.17. The van der Waals surface area contributed by atoms with E-state index in [0.717, 1.165) is 0 Å². The van der Waals surface area contributed by atoms with Gasteiger partial charge in [-0.25, -0.2) is 13.2 Å². The van der Waals surface area contributed by atoms with Crippen molar-refractivity contribution in [1.82, 2.24) is 0 Å². The molecule has 1 nitrogen and oxygen atoms in total. The van der Waals surface area contributed by atoms with Gasteiger partial charge in [0.2, 0.25) is 0 Å². The number of hydrogen-bond acceptors (Lipinski definition) is 1. The molecular weight excluding hydrogens is 205 g/mol. The lowest BCUT2D eigenvalue weighted by molar-refractivity contribution is 0.196. The molecule has 0 saturated carbocycles. The number of rotatable bonds is 2. The molecule has 13 heavy (non-hydrogen) atoms. The highest BCUT2D eigenvalue weighted by Gasteiger charge is 2.15. The van der Waals surface area contributed by atoms with Crippen molar-refractivity contribution in [3.8, 4) is 0 Å². The molecule has 1 atom stereocenters. The van der Waals surface area contributed by atoms with Crippen LogP contribution in [0, 0.1) is 17.5 Å². The third kappa shape index (κ3) is 2.14. The Morgan fingerprint density at radius 3 is 2.23 bits per heavy atom. The molecule has 0 bridgehead atoms. The second-order valence-corrected chi connectivity index (χ2v) is 2.77. The van der Waals surface area contributed by atoms with Gasteiger partial charge in [-0.05, 0) is 6.07 Å². The molecule has 0 aliphatic rings. The first kappa shape index (κ1) is 10.3. The third-order valence-electron chi connectivity index (χ3n) is 1.54. The van der Waals surface area contributed by atoms with Crippen LogP contribution in [0.3, 0.4) is 0 Å². The Labute approximate surface area is 77.8 Å². The first-order valence-electron chi connectivity index (χ1n) is 3.44. The van der Waals surface area contributed by atoms with E-state index in [1.165, 1.54) is 0 Å². The lowest BCUT2D eigenvalue weighted by Crippen LogP contribution is -2.04. The standard InChI is InChI=1S/C8H6ClF3O/c9-3-8(13)4-1-6(11)7(12)2-5(4)10/h1-2,8,13H,3H2/t8-/m0/s1. The van der Waals surface area contributed by atoms with Crippen LogP contribution in [-0.4, -0.2) is 11.0 Å². The van der Waals surface area contributed by atoms with Gasteiger partial charge in [0.05, 0.1) is 12.0 Å². The summed E-state index contributed by atoms with van der Waals surface area (Å²) in [5.74, 6) is -3.78. The van der Waals surface area contributed by atoms with E-state index in [1.54, 1.807) is 0 Å². The van der Waals surface area contributed by atoms with Gasteiger partial charge in [-0.1, -0.05) is 0 Å². The molecular formula is C8H6ClF3O. The fourth-order valence-electron chi connectivity index (χ4n) is 0.876. The van der Waals surface area contributed by atoms with Crippen molar-refractivity contribution in [2.45, 2.75) is 6.10 Å². The number of alkyl halides is 1. The zero-order chi connectivity index (χ0) is 10.0. The van der Waals surface area contributed by atoms with E-state index in [-0.39, 0.29) is 11.4 Å². The van der Waals surface area contributed by atoms with Crippen molar-refractivity contribution >= 4 is 11.6 Å². The summed E-state index contributed by atoms with van der Waals surface area (Å²) in [6, 6.07) is 0.970. The summed E-state index contributed by atoms with van der Waals surface area (Å²) in [5.41, 5.74) is -0.339. The van der Waals surface area contributed by atoms with Crippen LogP contribution in [0.25, 0.3) is 0 Å². The molecule has 0 unspecified atom stereocenters. The Hall–Kier alpha value is -0.740. The molecule has 72 valence electrons. The van der Waals surface area contributed by atoms with E-state index in [4.69, 9.17) is 16.7 Å². The molecule has 5 heteroatoms. The number of benzene rings is 1. The minimum absolute atomic E-state index is 0.276. The highest BCUT2D eigenvalue weighted by atomic mass is 35.5. The first-order valence-corrected chi connectivity index (χ1v) is 3.98. The molecule has 0 heterocycles. The Morgan fingerprint density at radius 2 is 1.69 bits per heavy atom. The molecule has 0 radical (unpaired) electrons. The van der Waals surface area contributed by atoms with E-state index in [1.807, 2.05) is 0 Å². The van der Waals surface area contributed by atoms with Gasteiger partial charge in [-0.15, -0.1) is 11.6 Å². The molecule has 0 amide bonds. The fraction of sp³-hybridized carbons (Fsp3) is 0.250. The van der Waals surface area contributed by atoms with Gasteiger partial charge < -0.3 is 5.11 Å². The van der Waals surface area contributed by atoms with Crippen molar-refractivity contribution in [2.75, 3.05) is 5.88 Å². The quantitative estimate of drug-likeness (QED) is 0.587. The van der Waals surface area contributed by atoms with Gasteiger partial charge in [-0.3, -0.25) is 0 Å². The van der Waals surface area contributed by atoms with Crippen LogP contribution in [0.1, 0.15) is 11.7 Å². The lowest BCUT2D eigenvalue weighted by Gasteiger charge is -2.08. The largest absolute Gasteiger partial charge is 0.387 e. The van der Waals surface area contributed by atoms with Gasteiger partial charge in [0.1, 0.15) is 5.82 Å². The van der Waals surface area contributed by atoms with E-state index in [2.05, 4.69) is 0 Å². The van der Waals surface area contributed by atoms with Crippen LogP contribution in [0.5, 0.6) is 0 Å². The third-order valence-corrected chi connectivity index (χ3v) is 1.84. The Balaban J connectivity index is 3.15. The van der Waals surface area contributed by atoms with Crippen molar-refractivity contribution in [1.29, 1.82) is 0 Å². The van der Waals surface area contributed by atoms with Crippen LogP contribution in [-0.2, 0) is 0 Å². The van der Waals surface area contributed by atoms with Crippen molar-refractivity contribution in [3.05, 3.63) is 35.1 Å². The summed E-state index contributed by atoms with van der Waals surface area (Å²) in [6.07, 6.45) is -1.32. The number of halogens is 4. The van der Waals surface area contributed by atoms with Crippen LogP contribution in [0.2, 0.25) is 0 Å². The Bertz CT molecular complexity index is 317. The van der Waals surface area contributed by atoms with Crippen LogP contribution in [0.4, 0.5) is 13.2 Å². The molecule has 0 saturated heterocycles. The van der Waals surface area contributed by atoms with Crippen molar-refractivity contribution in [2.24, 2.45) is 0 Å². The smallest absolute Gasteiger partial charge is 0.161 e. The van der Waals surface area contributed by atoms with Crippen molar-refractivity contribution < 1.29 is 18.3 Å². The highest BCUT2D eigenvalue weighted by molar-refractivity contribution is 6.18. The zero-order valence-corrected chi connectivity index (χ0v) is 7.15. The summed E-state index contributed by atoms with van der Waals surface area (Å²) in [6.45, 7) is 0. The summed E-state index contributed by atoms with van der Waals surface area (Å²) >= 11 is 5.22. The predicted molar refractivity (Wildman–Crippen MR) is 42.0 cm³/mol. The Morgan fingerprint density at radius 1 is 1.15 bits per heavy atom.